The van der Waals surface area contributed by atoms with E-state index in [9.17, 15) is 14.4 Å². The number of rotatable bonds is 15. The van der Waals surface area contributed by atoms with Crippen LogP contribution in [0.25, 0.3) is 21.9 Å². The number of ether oxygens (including phenoxy) is 2. The molecule has 0 unspecified atom stereocenters. The van der Waals surface area contributed by atoms with E-state index in [1.54, 1.807) is 12.0 Å². The van der Waals surface area contributed by atoms with E-state index >= 15 is 0 Å². The summed E-state index contributed by atoms with van der Waals surface area (Å²) in [6, 6.07) is 15.7. The second-order valence-electron chi connectivity index (χ2n) is 12.2. The maximum absolute atomic E-state index is 13.9. The van der Waals surface area contributed by atoms with Gasteiger partial charge in [-0.3, -0.25) is 14.5 Å². The van der Waals surface area contributed by atoms with Crippen molar-refractivity contribution in [2.45, 2.75) is 59.0 Å². The van der Waals surface area contributed by atoms with Crippen LogP contribution in [-0.2, 0) is 49.8 Å². The lowest BCUT2D eigenvalue weighted by Crippen LogP contribution is -2.50. The molecule has 13 heteroatoms. The van der Waals surface area contributed by atoms with Crippen molar-refractivity contribution >= 4 is 45.8 Å². The van der Waals surface area contributed by atoms with Crippen LogP contribution in [0, 0.1) is 0 Å². The van der Waals surface area contributed by atoms with E-state index in [-0.39, 0.29) is 31.4 Å². The van der Waals surface area contributed by atoms with Gasteiger partial charge in [-0.25, -0.2) is 14.8 Å². The SMILES string of the molecule is CCCCc1nc2c(N)nc3ccccc3c2n1CCCN(Cc1ccc(CC(=O)OC)cc1)C(=O)CN1CCN(OC(=O)OCC)CC1. The summed E-state index contributed by atoms with van der Waals surface area (Å²) in [5, 5.41) is 2.58. The second-order valence-corrected chi connectivity index (χ2v) is 12.2. The number of unbranched alkanes of at least 4 members (excludes halogenated alkanes) is 1. The molecule has 1 saturated heterocycles. The Morgan fingerprint density at radius 3 is 2.39 bits per heavy atom. The van der Waals surface area contributed by atoms with Crippen molar-refractivity contribution in [1.29, 1.82) is 0 Å². The molecule has 0 spiro atoms. The number of nitrogens with zero attached hydrogens (tertiary/aromatic N) is 6. The first-order valence-corrected chi connectivity index (χ1v) is 17.1. The van der Waals surface area contributed by atoms with E-state index in [2.05, 4.69) is 27.4 Å². The van der Waals surface area contributed by atoms with Gasteiger partial charge in [-0.2, -0.15) is 0 Å². The number of hydrogen-bond acceptors (Lipinski definition) is 11. The molecule has 1 aliphatic heterocycles. The number of aromatic nitrogens is 3. The summed E-state index contributed by atoms with van der Waals surface area (Å²) in [6.07, 6.45) is 3.05. The fourth-order valence-corrected chi connectivity index (χ4v) is 6.12. The Kier molecular flexibility index (Phi) is 12.4. The first-order valence-electron chi connectivity index (χ1n) is 17.1. The maximum atomic E-state index is 13.9. The monoisotopic (exact) mass is 673 g/mol. The van der Waals surface area contributed by atoms with Crippen molar-refractivity contribution in [2.24, 2.45) is 0 Å². The highest BCUT2D eigenvalue weighted by Crippen LogP contribution is 2.29. The lowest BCUT2D eigenvalue weighted by atomic mass is 10.1. The maximum Gasteiger partial charge on any atom is 0.527 e. The molecule has 262 valence electrons. The number of carbonyl (C=O) groups excluding carboxylic acids is 3. The molecular weight excluding hydrogens is 626 g/mol. The highest BCUT2D eigenvalue weighted by molar-refractivity contribution is 6.06. The van der Waals surface area contributed by atoms with Gasteiger partial charge in [0.1, 0.15) is 11.3 Å². The summed E-state index contributed by atoms with van der Waals surface area (Å²) < 4.78 is 11.9. The van der Waals surface area contributed by atoms with Gasteiger partial charge in [-0.05, 0) is 37.0 Å². The number of amides is 1. The summed E-state index contributed by atoms with van der Waals surface area (Å²) in [5.41, 5.74) is 10.8. The summed E-state index contributed by atoms with van der Waals surface area (Å²) in [7, 11) is 1.38. The quantitative estimate of drug-likeness (QED) is 0.180. The number of nitrogen functional groups attached to an aromatic ring is 1. The molecule has 1 aliphatic rings. The molecule has 3 heterocycles. The van der Waals surface area contributed by atoms with E-state index < -0.39 is 6.16 Å². The largest absolute Gasteiger partial charge is 0.527 e. The van der Waals surface area contributed by atoms with Crippen LogP contribution < -0.4 is 5.73 Å². The topological polar surface area (TPSA) is 145 Å². The van der Waals surface area contributed by atoms with Crippen molar-refractivity contribution in [1.82, 2.24) is 29.4 Å². The average molecular weight is 674 g/mol. The zero-order valence-electron chi connectivity index (χ0n) is 28.7. The van der Waals surface area contributed by atoms with E-state index in [1.807, 2.05) is 47.4 Å². The van der Waals surface area contributed by atoms with E-state index in [0.717, 1.165) is 58.2 Å². The average Bonchev–Trinajstić information content (AvgIpc) is 3.47. The third kappa shape index (κ3) is 9.24. The number of hydroxylamine groups is 2. The van der Waals surface area contributed by atoms with Crippen LogP contribution in [-0.4, -0.2) is 100 Å². The predicted molar refractivity (Wildman–Crippen MR) is 186 cm³/mol. The standard InChI is InChI=1S/C36H47N7O6/c1-4-6-12-30-39-33-34(28-10-7-8-11-29(28)38-35(33)37)43(30)18-9-17-41(24-27-15-13-26(14-16-27)23-32(45)47-3)31(44)25-40-19-21-42(22-20-40)49-36(46)48-5-2/h7-8,10-11,13-16H,4-6,9,12,17-25H2,1-3H3,(H2,37,38). The van der Waals surface area contributed by atoms with Crippen LogP contribution in [0.1, 0.15) is 50.1 Å². The Labute approximate surface area is 286 Å². The lowest BCUT2D eigenvalue weighted by molar-refractivity contribution is -0.151. The van der Waals surface area contributed by atoms with Crippen molar-refractivity contribution in [3.05, 3.63) is 65.5 Å². The minimum atomic E-state index is -0.716. The molecule has 2 N–H and O–H groups in total. The van der Waals surface area contributed by atoms with Crippen molar-refractivity contribution < 1.29 is 28.7 Å². The zero-order valence-corrected chi connectivity index (χ0v) is 28.7. The lowest BCUT2D eigenvalue weighted by Gasteiger charge is -2.34. The molecule has 1 amide bonds. The number of anilines is 1. The Bertz CT molecular complexity index is 1730. The number of piperazine rings is 1. The molecule has 5 rings (SSSR count). The predicted octanol–water partition coefficient (Wildman–Crippen LogP) is 4.35. The van der Waals surface area contributed by atoms with Gasteiger partial charge in [0.2, 0.25) is 5.91 Å². The third-order valence-electron chi connectivity index (χ3n) is 8.73. The highest BCUT2D eigenvalue weighted by Gasteiger charge is 2.25. The van der Waals surface area contributed by atoms with E-state index in [1.165, 1.54) is 7.11 Å². The molecule has 13 nitrogen and oxygen atoms in total. The number of pyridine rings is 1. The van der Waals surface area contributed by atoms with Crippen LogP contribution >= 0.6 is 0 Å². The number of fused-ring (bicyclic) bond motifs is 3. The summed E-state index contributed by atoms with van der Waals surface area (Å²) >= 11 is 0. The number of hydrogen-bond donors (Lipinski definition) is 1. The summed E-state index contributed by atoms with van der Waals surface area (Å²) in [5.74, 6) is 1.11. The van der Waals surface area contributed by atoms with Gasteiger partial charge in [-0.1, -0.05) is 55.8 Å². The van der Waals surface area contributed by atoms with Crippen molar-refractivity contribution in [3.63, 3.8) is 0 Å². The highest BCUT2D eigenvalue weighted by atomic mass is 16.8. The minimum Gasteiger partial charge on any atom is -0.469 e. The number of esters is 1. The molecule has 0 aliphatic carbocycles. The van der Waals surface area contributed by atoms with Gasteiger partial charge < -0.3 is 29.5 Å². The van der Waals surface area contributed by atoms with Crippen LogP contribution in [0.15, 0.2) is 48.5 Å². The number of imidazole rings is 1. The number of methoxy groups -OCH3 is 1. The van der Waals surface area contributed by atoms with Gasteiger partial charge in [0, 0.05) is 57.6 Å². The Hall–Kier alpha value is -4.75. The van der Waals surface area contributed by atoms with Crippen molar-refractivity contribution in [3.8, 4) is 0 Å². The van der Waals surface area contributed by atoms with E-state index in [4.69, 9.17) is 25.0 Å². The van der Waals surface area contributed by atoms with Crippen LogP contribution in [0.2, 0.25) is 0 Å². The van der Waals surface area contributed by atoms with Gasteiger partial charge >= 0.3 is 12.1 Å². The smallest absolute Gasteiger partial charge is 0.469 e. The molecule has 2 aromatic carbocycles. The molecular formula is C36H47N7O6. The Morgan fingerprint density at radius 1 is 0.939 bits per heavy atom. The summed E-state index contributed by atoms with van der Waals surface area (Å²) in [6.45, 7) is 8.11. The first-order chi connectivity index (χ1) is 23.8. The molecule has 1 fully saturated rings. The molecule has 0 saturated carbocycles. The molecule has 0 atom stereocenters. The molecule has 4 aromatic rings. The first kappa shape index (κ1) is 35.6. The second kappa shape index (κ2) is 17.1. The number of carbonyl (C=O) groups is 3. The molecule has 49 heavy (non-hydrogen) atoms. The van der Waals surface area contributed by atoms with Crippen LogP contribution in [0.4, 0.5) is 10.6 Å². The van der Waals surface area contributed by atoms with Gasteiger partial charge in [-0.15, -0.1) is 5.06 Å². The number of para-hydroxylation sites is 1. The number of nitrogens with two attached hydrogens (primary N) is 1. The molecule has 0 bridgehead atoms. The Balaban J connectivity index is 1.32. The molecule has 2 aromatic heterocycles. The normalized spacial score (nSPS) is 13.9. The zero-order chi connectivity index (χ0) is 34.8. The molecule has 0 radical (unpaired) electrons. The number of benzene rings is 2. The van der Waals surface area contributed by atoms with Gasteiger partial charge in [0.25, 0.3) is 0 Å². The van der Waals surface area contributed by atoms with Crippen LogP contribution in [0.5, 0.6) is 0 Å². The number of aryl methyl sites for hydroxylation is 2. The summed E-state index contributed by atoms with van der Waals surface area (Å²) in [4.78, 5) is 56.2. The van der Waals surface area contributed by atoms with Gasteiger partial charge in [0.15, 0.2) is 5.82 Å². The third-order valence-corrected chi connectivity index (χ3v) is 8.73. The fourth-order valence-electron chi connectivity index (χ4n) is 6.12. The minimum absolute atomic E-state index is 0.0130. The van der Waals surface area contributed by atoms with Crippen molar-refractivity contribution in [2.75, 3.05) is 58.7 Å². The van der Waals surface area contributed by atoms with Crippen LogP contribution in [0.3, 0.4) is 0 Å². The van der Waals surface area contributed by atoms with E-state index in [0.29, 0.717) is 58.1 Å². The Morgan fingerprint density at radius 2 is 1.67 bits per heavy atom. The van der Waals surface area contributed by atoms with Gasteiger partial charge in [0.05, 0.1) is 37.7 Å². The fraction of sp³-hybridized carbons (Fsp3) is 0.472.